The monoisotopic (exact) mass is 420 g/mol. The summed E-state index contributed by atoms with van der Waals surface area (Å²) >= 11 is 1.82. The number of rotatable bonds is 8. The summed E-state index contributed by atoms with van der Waals surface area (Å²) in [4.78, 5) is 23.3. The zero-order valence-corrected chi connectivity index (χ0v) is 17.4. The normalized spacial score (nSPS) is 21.7. The zero-order valence-electron chi connectivity index (χ0n) is 12.5. The van der Waals surface area contributed by atoms with Crippen LogP contribution in [0.1, 0.15) is 39.5 Å². The van der Waals surface area contributed by atoms with Gasteiger partial charge in [-0.1, -0.05) is 34.4 Å². The van der Waals surface area contributed by atoms with Crippen molar-refractivity contribution < 1.29 is 18.0 Å². The summed E-state index contributed by atoms with van der Waals surface area (Å²) in [5.74, 6) is 0. The van der Waals surface area contributed by atoms with E-state index in [1.54, 1.807) is 21.6 Å². The van der Waals surface area contributed by atoms with Gasteiger partial charge >= 0.3 is 0 Å². The van der Waals surface area contributed by atoms with Crippen molar-refractivity contribution in [2.24, 2.45) is 0 Å². The predicted molar refractivity (Wildman–Crippen MR) is 106 cm³/mol. The molecule has 0 amide bonds. The van der Waals surface area contributed by atoms with Crippen molar-refractivity contribution in [3.05, 3.63) is 0 Å². The molecule has 10 heteroatoms. The van der Waals surface area contributed by atoms with Crippen LogP contribution in [0, 0.1) is 0 Å². The van der Waals surface area contributed by atoms with Gasteiger partial charge < -0.3 is 8.37 Å². The van der Waals surface area contributed by atoms with E-state index in [9.17, 15) is 9.59 Å². The summed E-state index contributed by atoms with van der Waals surface area (Å²) in [5.41, 5.74) is 0. The molecule has 0 bridgehead atoms. The average Bonchev–Trinajstić information content (AvgIpc) is 2.54. The second kappa shape index (κ2) is 13.6. The Morgan fingerprint density at radius 2 is 1.27 bits per heavy atom. The molecule has 4 nitrogen and oxygen atoms in total. The fourth-order valence-electron chi connectivity index (χ4n) is 1.73. The van der Waals surface area contributed by atoms with Crippen LogP contribution in [0.3, 0.4) is 0 Å². The maximum atomic E-state index is 11.6. The maximum absolute atomic E-state index is 11.6. The van der Waals surface area contributed by atoms with Crippen LogP contribution in [-0.2, 0) is 8.37 Å². The molecule has 0 saturated heterocycles. The largest absolute Gasteiger partial charge is 0.308 e. The number of carbonyl (C=O) groups excluding carboxylic acids is 2. The van der Waals surface area contributed by atoms with Gasteiger partial charge in [0.15, 0.2) is 0 Å². The van der Waals surface area contributed by atoms with E-state index in [2.05, 4.69) is 0 Å². The lowest BCUT2D eigenvalue weighted by Crippen LogP contribution is -2.23. The fraction of sp³-hybridized carbons (Fsp3) is 0.833. The minimum atomic E-state index is -0.0168. The number of hydrogen-bond acceptors (Lipinski definition) is 10. The van der Waals surface area contributed by atoms with Crippen molar-refractivity contribution in [2.45, 2.75) is 50.0 Å². The highest BCUT2D eigenvalue weighted by Gasteiger charge is 2.28. The van der Waals surface area contributed by atoms with Gasteiger partial charge in [-0.05, 0) is 48.3 Å². The van der Waals surface area contributed by atoms with E-state index in [1.165, 1.54) is 34.4 Å². The molecular weight excluding hydrogens is 401 g/mol. The lowest BCUT2D eigenvalue weighted by atomic mass is 10.00. The minimum absolute atomic E-state index is 0.0168. The van der Waals surface area contributed by atoms with E-state index in [0.29, 0.717) is 23.7 Å². The molecule has 0 aromatic heterocycles. The second-order valence-electron chi connectivity index (χ2n) is 4.20. The van der Waals surface area contributed by atoms with Crippen LogP contribution in [0.4, 0.5) is 9.59 Å². The Morgan fingerprint density at radius 3 is 1.64 bits per heavy atom. The highest BCUT2D eigenvalue weighted by molar-refractivity contribution is 8.87. The molecule has 1 aliphatic carbocycles. The van der Waals surface area contributed by atoms with E-state index >= 15 is 0 Å². The summed E-state index contributed by atoms with van der Waals surface area (Å²) in [6.07, 6.45) is 4.56. The van der Waals surface area contributed by atoms with Crippen LogP contribution in [0.25, 0.3) is 0 Å². The molecule has 0 heterocycles. The van der Waals surface area contributed by atoms with Gasteiger partial charge in [0.05, 0.1) is 37.3 Å². The molecule has 0 aliphatic heterocycles. The van der Waals surface area contributed by atoms with Crippen molar-refractivity contribution in [1.82, 2.24) is 0 Å². The molecule has 0 aromatic rings. The minimum Gasteiger partial charge on any atom is -0.308 e. The van der Waals surface area contributed by atoms with E-state index in [-0.39, 0.29) is 8.89 Å². The Morgan fingerprint density at radius 1 is 0.864 bits per heavy atom. The average molecular weight is 421 g/mol. The molecule has 0 aromatic carbocycles. The Kier molecular flexibility index (Phi) is 13.3. The first-order chi connectivity index (χ1) is 10.7. The first-order valence-electron chi connectivity index (χ1n) is 7.00. The van der Waals surface area contributed by atoms with Crippen LogP contribution in [0.2, 0.25) is 0 Å². The van der Waals surface area contributed by atoms with Crippen LogP contribution in [-0.4, -0.2) is 32.6 Å². The summed E-state index contributed by atoms with van der Waals surface area (Å²) in [6, 6.07) is 0. The van der Waals surface area contributed by atoms with Crippen molar-refractivity contribution in [3.63, 3.8) is 0 Å². The van der Waals surface area contributed by atoms with Crippen molar-refractivity contribution in [3.8, 4) is 0 Å². The van der Waals surface area contributed by atoms with Crippen molar-refractivity contribution in [2.75, 3.05) is 13.2 Å². The Bertz CT molecular complexity index is 312. The third kappa shape index (κ3) is 9.61. The molecular formula is C12H20O4S6. The van der Waals surface area contributed by atoms with Gasteiger partial charge in [-0.25, -0.2) is 0 Å². The molecule has 128 valence electrons. The van der Waals surface area contributed by atoms with E-state index in [0.717, 1.165) is 36.9 Å². The summed E-state index contributed by atoms with van der Waals surface area (Å²) in [5, 5.41) is 0.791. The lowest BCUT2D eigenvalue weighted by Gasteiger charge is -2.28. The summed E-state index contributed by atoms with van der Waals surface area (Å²) < 4.78 is 10.0. The molecule has 2 atom stereocenters. The quantitative estimate of drug-likeness (QED) is 0.314. The zero-order chi connectivity index (χ0) is 16.2. The molecule has 0 radical (unpaired) electrons. The fourth-order valence-corrected chi connectivity index (χ4v) is 8.67. The number of carbonyl (C=O) groups is 2. The van der Waals surface area contributed by atoms with Gasteiger partial charge in [0.25, 0.3) is 8.89 Å². The molecule has 1 rings (SSSR count). The van der Waals surface area contributed by atoms with Crippen LogP contribution in [0.5, 0.6) is 0 Å². The molecule has 1 aliphatic rings. The maximum Gasteiger partial charge on any atom is 0.283 e. The van der Waals surface area contributed by atoms with Crippen LogP contribution in [0.15, 0.2) is 0 Å². The van der Waals surface area contributed by atoms with Crippen LogP contribution < -0.4 is 0 Å². The standard InChI is InChI=1S/C12H20O4S6/c1-3-15-17-11(13)21-19-9-7-5-6-8-10(9)20-22-12(14)18-16-4-2/h9-10H,3-8H2,1-2H3. The molecule has 0 spiro atoms. The highest BCUT2D eigenvalue weighted by atomic mass is 33.1. The second-order valence-corrected chi connectivity index (χ2v) is 11.1. The first-order valence-corrected chi connectivity index (χ1v) is 12.9. The van der Waals surface area contributed by atoms with E-state index < -0.39 is 0 Å². The molecule has 22 heavy (non-hydrogen) atoms. The first kappa shape index (κ1) is 21.4. The van der Waals surface area contributed by atoms with Gasteiger partial charge in [0.2, 0.25) is 0 Å². The van der Waals surface area contributed by atoms with Crippen molar-refractivity contribution >= 4 is 76.2 Å². The predicted octanol–water partition coefficient (Wildman–Crippen LogP) is 6.67. The third-order valence-electron chi connectivity index (χ3n) is 2.61. The van der Waals surface area contributed by atoms with Gasteiger partial charge in [-0.15, -0.1) is 0 Å². The smallest absolute Gasteiger partial charge is 0.283 e. The lowest BCUT2D eigenvalue weighted by molar-refractivity contribution is 0.274. The SMILES string of the molecule is CCOSC(=O)SSC1CCCCC1SSC(=O)SOCC. The third-order valence-corrected chi connectivity index (χ3v) is 10.4. The van der Waals surface area contributed by atoms with Gasteiger partial charge in [0.1, 0.15) is 0 Å². The summed E-state index contributed by atoms with van der Waals surface area (Å²) in [7, 11) is 5.74. The van der Waals surface area contributed by atoms with Crippen LogP contribution >= 0.6 is 67.3 Å². The Hall–Kier alpha value is 1.36. The molecule has 1 saturated carbocycles. The van der Waals surface area contributed by atoms with Gasteiger partial charge in [-0.3, -0.25) is 9.59 Å². The molecule has 0 N–H and O–H groups in total. The highest BCUT2D eigenvalue weighted by Crippen LogP contribution is 2.47. The Balaban J connectivity index is 2.30. The topological polar surface area (TPSA) is 52.6 Å². The van der Waals surface area contributed by atoms with E-state index in [4.69, 9.17) is 8.37 Å². The van der Waals surface area contributed by atoms with E-state index in [1.807, 2.05) is 13.8 Å². The molecule has 1 fully saturated rings. The Labute approximate surface area is 156 Å². The number of hydrogen-bond donors (Lipinski definition) is 0. The van der Waals surface area contributed by atoms with Gasteiger partial charge in [-0.2, -0.15) is 0 Å². The van der Waals surface area contributed by atoms with Crippen molar-refractivity contribution in [1.29, 1.82) is 0 Å². The molecule has 2 unspecified atom stereocenters. The van der Waals surface area contributed by atoms with Gasteiger partial charge in [0, 0.05) is 10.5 Å². The summed E-state index contributed by atoms with van der Waals surface area (Å²) in [6.45, 7) is 4.78.